The van der Waals surface area contributed by atoms with Crippen molar-refractivity contribution in [1.82, 2.24) is 9.88 Å². The molecule has 17 heavy (non-hydrogen) atoms. The van der Waals surface area contributed by atoms with Crippen LogP contribution in [0.15, 0.2) is 16.7 Å². The van der Waals surface area contributed by atoms with Crippen molar-refractivity contribution in [3.05, 3.63) is 22.3 Å². The van der Waals surface area contributed by atoms with Crippen LogP contribution in [0.5, 0.6) is 0 Å². The minimum Gasteiger partial charge on any atom is -0.370 e. The average Bonchev–Trinajstić information content (AvgIpc) is 2.82. The Balaban J connectivity index is 1.68. The molecule has 0 unspecified atom stereocenters. The number of pyridine rings is 1. The number of hydrogen-bond donors (Lipinski definition) is 1. The molecule has 2 heterocycles. The second-order valence-corrected chi connectivity index (χ2v) is 5.50. The summed E-state index contributed by atoms with van der Waals surface area (Å²) in [5.41, 5.74) is 1.22. The number of nitrogens with zero attached hydrogens (tertiary/aromatic N) is 2. The lowest BCUT2D eigenvalue weighted by atomic mass is 10.3. The molecule has 0 amide bonds. The molecule has 0 aliphatic carbocycles. The van der Waals surface area contributed by atoms with Crippen molar-refractivity contribution in [3.8, 4) is 0 Å². The molecule has 2 rings (SSSR count). The lowest BCUT2D eigenvalue weighted by Crippen LogP contribution is -2.22. The molecule has 4 heteroatoms. The number of hydrogen-bond acceptors (Lipinski definition) is 3. The first-order valence-corrected chi connectivity index (χ1v) is 7.13. The van der Waals surface area contributed by atoms with E-state index in [1.165, 1.54) is 44.5 Å². The first-order chi connectivity index (χ1) is 8.25. The lowest BCUT2D eigenvalue weighted by Gasteiger charge is -2.14. The fourth-order valence-electron chi connectivity index (χ4n) is 2.16. The molecule has 0 aromatic carbocycles. The summed E-state index contributed by atoms with van der Waals surface area (Å²) in [7, 11) is 0. The van der Waals surface area contributed by atoms with E-state index in [-0.39, 0.29) is 0 Å². The van der Waals surface area contributed by atoms with Crippen LogP contribution in [0.3, 0.4) is 0 Å². The molecule has 0 spiro atoms. The van der Waals surface area contributed by atoms with E-state index in [0.29, 0.717) is 0 Å². The van der Waals surface area contributed by atoms with Gasteiger partial charge >= 0.3 is 0 Å². The largest absolute Gasteiger partial charge is 0.370 e. The van der Waals surface area contributed by atoms with E-state index in [9.17, 15) is 0 Å². The van der Waals surface area contributed by atoms with Gasteiger partial charge in [-0.3, -0.25) is 0 Å². The fourth-order valence-corrected chi connectivity index (χ4v) is 2.38. The summed E-state index contributed by atoms with van der Waals surface area (Å²) < 4.78 is 1.07. The first kappa shape index (κ1) is 12.8. The molecular formula is C13H20BrN3. The van der Waals surface area contributed by atoms with Crippen molar-refractivity contribution in [2.24, 2.45) is 0 Å². The molecule has 1 aromatic rings. The SMILES string of the molecule is Cc1cc(NCCCN2CCCC2)ncc1Br. The zero-order valence-electron chi connectivity index (χ0n) is 10.4. The fraction of sp³-hybridized carbons (Fsp3) is 0.615. The molecule has 0 radical (unpaired) electrons. The summed E-state index contributed by atoms with van der Waals surface area (Å²) in [5, 5.41) is 3.38. The Morgan fingerprint density at radius 1 is 1.41 bits per heavy atom. The number of likely N-dealkylation sites (tertiary alicyclic amines) is 1. The molecule has 0 saturated carbocycles. The van der Waals surface area contributed by atoms with Gasteiger partial charge in [-0.1, -0.05) is 0 Å². The Kier molecular flexibility index (Phi) is 4.80. The molecule has 1 fully saturated rings. The number of nitrogens with one attached hydrogen (secondary N) is 1. The van der Waals surface area contributed by atoms with Crippen LogP contribution in [-0.4, -0.2) is 36.1 Å². The minimum absolute atomic E-state index is 0.979. The third kappa shape index (κ3) is 3.96. The van der Waals surface area contributed by atoms with Gasteiger partial charge in [-0.05, 0) is 73.4 Å². The van der Waals surface area contributed by atoms with Crippen LogP contribution in [0.1, 0.15) is 24.8 Å². The van der Waals surface area contributed by atoms with Crippen LogP contribution in [-0.2, 0) is 0 Å². The Bertz CT molecular complexity index is 362. The summed E-state index contributed by atoms with van der Waals surface area (Å²) in [6.45, 7) is 6.87. The quantitative estimate of drug-likeness (QED) is 0.847. The van der Waals surface area contributed by atoms with Crippen molar-refractivity contribution in [2.75, 3.05) is 31.5 Å². The summed E-state index contributed by atoms with van der Waals surface area (Å²) in [4.78, 5) is 6.88. The maximum absolute atomic E-state index is 4.34. The minimum atomic E-state index is 0.979. The topological polar surface area (TPSA) is 28.2 Å². The van der Waals surface area contributed by atoms with E-state index in [1.807, 2.05) is 6.20 Å². The van der Waals surface area contributed by atoms with E-state index in [2.05, 4.69) is 44.1 Å². The van der Waals surface area contributed by atoms with Crippen molar-refractivity contribution >= 4 is 21.7 Å². The van der Waals surface area contributed by atoms with Crippen LogP contribution in [0, 0.1) is 6.92 Å². The molecule has 1 saturated heterocycles. The number of rotatable bonds is 5. The first-order valence-electron chi connectivity index (χ1n) is 6.34. The standard InChI is InChI=1S/C13H20BrN3/c1-11-9-13(16-10-12(11)14)15-5-4-8-17-6-2-3-7-17/h9-10H,2-8H2,1H3,(H,15,16). The molecular weight excluding hydrogens is 278 g/mol. The number of anilines is 1. The van der Waals surface area contributed by atoms with Gasteiger partial charge in [0.05, 0.1) is 0 Å². The summed E-state index contributed by atoms with van der Waals surface area (Å²) >= 11 is 3.46. The van der Waals surface area contributed by atoms with Gasteiger partial charge in [-0.25, -0.2) is 4.98 Å². The highest BCUT2D eigenvalue weighted by Gasteiger charge is 2.10. The van der Waals surface area contributed by atoms with Crippen molar-refractivity contribution < 1.29 is 0 Å². The van der Waals surface area contributed by atoms with Crippen molar-refractivity contribution in [1.29, 1.82) is 0 Å². The van der Waals surface area contributed by atoms with Crippen LogP contribution in [0.4, 0.5) is 5.82 Å². The summed E-state index contributed by atoms with van der Waals surface area (Å²) in [6.07, 6.45) is 5.80. The van der Waals surface area contributed by atoms with Gasteiger partial charge < -0.3 is 10.2 Å². The summed E-state index contributed by atoms with van der Waals surface area (Å²) in [6, 6.07) is 2.08. The van der Waals surface area contributed by atoms with Gasteiger partial charge in [0.1, 0.15) is 5.82 Å². The Labute approximate surface area is 112 Å². The smallest absolute Gasteiger partial charge is 0.126 e. The third-order valence-corrected chi connectivity index (χ3v) is 4.03. The monoisotopic (exact) mass is 297 g/mol. The molecule has 1 aliphatic rings. The molecule has 0 atom stereocenters. The number of aromatic nitrogens is 1. The molecule has 94 valence electrons. The predicted molar refractivity (Wildman–Crippen MR) is 75.5 cm³/mol. The highest BCUT2D eigenvalue weighted by Crippen LogP contribution is 2.17. The van der Waals surface area contributed by atoms with Gasteiger partial charge in [-0.15, -0.1) is 0 Å². The van der Waals surface area contributed by atoms with E-state index in [1.54, 1.807) is 0 Å². The Morgan fingerprint density at radius 2 is 2.18 bits per heavy atom. The van der Waals surface area contributed by atoms with Crippen LogP contribution >= 0.6 is 15.9 Å². The number of aryl methyl sites for hydroxylation is 1. The zero-order chi connectivity index (χ0) is 12.1. The molecule has 3 nitrogen and oxygen atoms in total. The maximum atomic E-state index is 4.34. The number of halogens is 1. The van der Waals surface area contributed by atoms with Crippen molar-refractivity contribution in [3.63, 3.8) is 0 Å². The van der Waals surface area contributed by atoms with Gasteiger partial charge in [0.15, 0.2) is 0 Å². The van der Waals surface area contributed by atoms with E-state index in [0.717, 1.165) is 16.8 Å². The van der Waals surface area contributed by atoms with Crippen LogP contribution < -0.4 is 5.32 Å². The maximum Gasteiger partial charge on any atom is 0.126 e. The molecule has 1 N–H and O–H groups in total. The second kappa shape index (κ2) is 6.36. The van der Waals surface area contributed by atoms with E-state index < -0.39 is 0 Å². The third-order valence-electron chi connectivity index (χ3n) is 3.20. The van der Waals surface area contributed by atoms with E-state index >= 15 is 0 Å². The van der Waals surface area contributed by atoms with Gasteiger partial charge in [0.25, 0.3) is 0 Å². The van der Waals surface area contributed by atoms with Gasteiger partial charge in [0.2, 0.25) is 0 Å². The average molecular weight is 298 g/mol. The highest BCUT2D eigenvalue weighted by atomic mass is 79.9. The molecule has 1 aliphatic heterocycles. The van der Waals surface area contributed by atoms with Crippen LogP contribution in [0.25, 0.3) is 0 Å². The summed E-state index contributed by atoms with van der Waals surface area (Å²) in [5.74, 6) is 0.979. The second-order valence-electron chi connectivity index (χ2n) is 4.65. The Morgan fingerprint density at radius 3 is 2.88 bits per heavy atom. The van der Waals surface area contributed by atoms with Crippen molar-refractivity contribution in [2.45, 2.75) is 26.2 Å². The predicted octanol–water partition coefficient (Wildman–Crippen LogP) is 3.05. The molecule has 0 bridgehead atoms. The normalized spacial score (nSPS) is 16.4. The zero-order valence-corrected chi connectivity index (χ0v) is 12.0. The van der Waals surface area contributed by atoms with Gasteiger partial charge in [-0.2, -0.15) is 0 Å². The molecule has 1 aromatic heterocycles. The lowest BCUT2D eigenvalue weighted by molar-refractivity contribution is 0.337. The van der Waals surface area contributed by atoms with Crippen LogP contribution in [0.2, 0.25) is 0 Å². The highest BCUT2D eigenvalue weighted by molar-refractivity contribution is 9.10. The van der Waals surface area contributed by atoms with E-state index in [4.69, 9.17) is 0 Å². The van der Waals surface area contributed by atoms with Gasteiger partial charge in [0, 0.05) is 17.2 Å². The Hall–Kier alpha value is -0.610.